The van der Waals surface area contributed by atoms with E-state index >= 15 is 0 Å². The number of para-hydroxylation sites is 2. The minimum absolute atomic E-state index is 0.815. The van der Waals surface area contributed by atoms with Gasteiger partial charge >= 0.3 is 0 Å². The van der Waals surface area contributed by atoms with E-state index in [0.29, 0.717) is 0 Å². The highest BCUT2D eigenvalue weighted by Crippen LogP contribution is 2.17. The first-order chi connectivity index (χ1) is 6.36. The summed E-state index contributed by atoms with van der Waals surface area (Å²) in [6.07, 6.45) is 0. The second-order valence-corrected chi connectivity index (χ2v) is 3.46. The third kappa shape index (κ3) is 1.37. The van der Waals surface area contributed by atoms with Crippen LogP contribution < -0.4 is 0 Å². The van der Waals surface area contributed by atoms with Crippen LogP contribution in [0.2, 0.25) is 0 Å². The number of benzene rings is 1. The van der Waals surface area contributed by atoms with Crippen LogP contribution >= 0.6 is 15.9 Å². The molecule has 0 atom stereocenters. The Morgan fingerprint density at radius 1 is 1.38 bits per heavy atom. The fourth-order valence-electron chi connectivity index (χ4n) is 1.58. The lowest BCUT2D eigenvalue weighted by atomic mass is 10.3. The van der Waals surface area contributed by atoms with Crippen LogP contribution in [-0.2, 0) is 11.9 Å². The van der Waals surface area contributed by atoms with Crippen LogP contribution in [0.1, 0.15) is 12.7 Å². The molecule has 3 heteroatoms. The van der Waals surface area contributed by atoms with Gasteiger partial charge in [0, 0.05) is 6.54 Å². The van der Waals surface area contributed by atoms with E-state index in [1.54, 1.807) is 0 Å². The lowest BCUT2D eigenvalue weighted by Crippen LogP contribution is -1.98. The third-order valence-corrected chi connectivity index (χ3v) is 2.67. The van der Waals surface area contributed by atoms with Gasteiger partial charge in [0.1, 0.15) is 5.82 Å². The zero-order chi connectivity index (χ0) is 9.26. The van der Waals surface area contributed by atoms with Gasteiger partial charge in [-0.1, -0.05) is 28.1 Å². The standard InChI is InChI=1S/C10H11BrN2/c1-2-13-9-6-4-3-5-8(9)12-10(13)7-11/h3-6H,2,7H2,1H3. The number of hydrogen-bond donors (Lipinski definition) is 0. The van der Waals surface area contributed by atoms with E-state index in [1.807, 2.05) is 18.2 Å². The first kappa shape index (κ1) is 8.75. The zero-order valence-corrected chi connectivity index (χ0v) is 9.08. The van der Waals surface area contributed by atoms with Crippen molar-refractivity contribution < 1.29 is 0 Å². The topological polar surface area (TPSA) is 17.8 Å². The molecule has 0 bridgehead atoms. The van der Waals surface area contributed by atoms with Crippen molar-refractivity contribution >= 4 is 27.0 Å². The van der Waals surface area contributed by atoms with Crippen molar-refractivity contribution in [1.82, 2.24) is 9.55 Å². The molecule has 0 spiro atoms. The summed E-state index contributed by atoms with van der Waals surface area (Å²) < 4.78 is 2.23. The highest BCUT2D eigenvalue weighted by molar-refractivity contribution is 9.08. The molecular formula is C10H11BrN2. The summed E-state index contributed by atoms with van der Waals surface area (Å²) in [5.41, 5.74) is 2.30. The van der Waals surface area contributed by atoms with Crippen molar-refractivity contribution in [3.63, 3.8) is 0 Å². The van der Waals surface area contributed by atoms with E-state index in [2.05, 4.69) is 38.5 Å². The molecular weight excluding hydrogens is 228 g/mol. The Hall–Kier alpha value is -0.830. The maximum absolute atomic E-state index is 4.52. The summed E-state index contributed by atoms with van der Waals surface area (Å²) in [5, 5.41) is 0.815. The van der Waals surface area contributed by atoms with E-state index in [1.165, 1.54) is 5.52 Å². The van der Waals surface area contributed by atoms with Gasteiger partial charge in [0.25, 0.3) is 0 Å². The molecule has 1 heterocycles. The molecule has 0 unspecified atom stereocenters. The molecule has 0 aliphatic rings. The van der Waals surface area contributed by atoms with Gasteiger partial charge in [-0.05, 0) is 19.1 Å². The van der Waals surface area contributed by atoms with Crippen LogP contribution in [-0.4, -0.2) is 9.55 Å². The summed E-state index contributed by atoms with van der Waals surface area (Å²) in [6.45, 7) is 3.11. The summed E-state index contributed by atoms with van der Waals surface area (Å²) in [7, 11) is 0. The van der Waals surface area contributed by atoms with Crippen LogP contribution in [0, 0.1) is 0 Å². The molecule has 1 aromatic carbocycles. The Balaban J connectivity index is 2.73. The molecule has 68 valence electrons. The van der Waals surface area contributed by atoms with Crippen LogP contribution in [0.15, 0.2) is 24.3 Å². The maximum Gasteiger partial charge on any atom is 0.120 e. The lowest BCUT2D eigenvalue weighted by molar-refractivity contribution is 0.750. The van der Waals surface area contributed by atoms with Gasteiger partial charge in [0.2, 0.25) is 0 Å². The van der Waals surface area contributed by atoms with Crippen molar-refractivity contribution in [2.75, 3.05) is 0 Å². The van der Waals surface area contributed by atoms with Gasteiger partial charge in [-0.25, -0.2) is 4.98 Å². The van der Waals surface area contributed by atoms with Gasteiger partial charge in [-0.3, -0.25) is 0 Å². The molecule has 0 saturated heterocycles. The number of imidazole rings is 1. The summed E-state index contributed by atoms with van der Waals surface area (Å²) in [5.74, 6) is 1.10. The van der Waals surface area contributed by atoms with Gasteiger partial charge < -0.3 is 4.57 Å². The summed E-state index contributed by atoms with van der Waals surface area (Å²) in [4.78, 5) is 4.52. The van der Waals surface area contributed by atoms with Gasteiger partial charge in [-0.2, -0.15) is 0 Å². The number of aryl methyl sites for hydroxylation is 1. The fourth-order valence-corrected chi connectivity index (χ4v) is 2.01. The molecule has 0 aliphatic heterocycles. The minimum atomic E-state index is 0.815. The molecule has 2 aromatic rings. The molecule has 2 rings (SSSR count). The van der Waals surface area contributed by atoms with Crippen LogP contribution in [0.5, 0.6) is 0 Å². The Morgan fingerprint density at radius 2 is 2.15 bits per heavy atom. The van der Waals surface area contributed by atoms with Gasteiger partial charge in [0.05, 0.1) is 16.4 Å². The van der Waals surface area contributed by atoms with E-state index < -0.39 is 0 Å². The van der Waals surface area contributed by atoms with Gasteiger partial charge in [0.15, 0.2) is 0 Å². The Bertz CT molecular complexity index is 420. The lowest BCUT2D eigenvalue weighted by Gasteiger charge is -2.01. The molecule has 0 saturated carbocycles. The van der Waals surface area contributed by atoms with Crippen molar-refractivity contribution in [2.45, 2.75) is 18.8 Å². The van der Waals surface area contributed by atoms with E-state index in [0.717, 1.165) is 23.2 Å². The number of nitrogens with zero attached hydrogens (tertiary/aromatic N) is 2. The van der Waals surface area contributed by atoms with Crippen molar-refractivity contribution in [2.24, 2.45) is 0 Å². The smallest absolute Gasteiger partial charge is 0.120 e. The van der Waals surface area contributed by atoms with Crippen molar-refractivity contribution in [3.8, 4) is 0 Å². The van der Waals surface area contributed by atoms with Crippen molar-refractivity contribution in [3.05, 3.63) is 30.1 Å². The van der Waals surface area contributed by atoms with Crippen LogP contribution in [0.4, 0.5) is 0 Å². The zero-order valence-electron chi connectivity index (χ0n) is 7.50. The van der Waals surface area contributed by atoms with E-state index in [4.69, 9.17) is 0 Å². The van der Waals surface area contributed by atoms with E-state index in [-0.39, 0.29) is 0 Å². The number of halogens is 1. The van der Waals surface area contributed by atoms with Crippen LogP contribution in [0.3, 0.4) is 0 Å². The van der Waals surface area contributed by atoms with Crippen molar-refractivity contribution in [1.29, 1.82) is 0 Å². The Kier molecular flexibility index (Phi) is 2.36. The highest BCUT2D eigenvalue weighted by atomic mass is 79.9. The largest absolute Gasteiger partial charge is 0.328 e. The Morgan fingerprint density at radius 3 is 2.85 bits per heavy atom. The number of alkyl halides is 1. The normalized spacial score (nSPS) is 10.9. The number of hydrogen-bond acceptors (Lipinski definition) is 1. The molecule has 0 N–H and O–H groups in total. The molecule has 0 aliphatic carbocycles. The molecule has 13 heavy (non-hydrogen) atoms. The fraction of sp³-hybridized carbons (Fsp3) is 0.300. The molecule has 2 nitrogen and oxygen atoms in total. The Labute approximate surface area is 85.7 Å². The average molecular weight is 239 g/mol. The number of fused-ring (bicyclic) bond motifs is 1. The first-order valence-corrected chi connectivity index (χ1v) is 5.49. The number of rotatable bonds is 2. The predicted molar refractivity (Wildman–Crippen MR) is 58.0 cm³/mol. The minimum Gasteiger partial charge on any atom is -0.328 e. The third-order valence-electron chi connectivity index (χ3n) is 2.17. The molecule has 0 fully saturated rings. The average Bonchev–Trinajstić information content (AvgIpc) is 2.55. The molecule has 0 radical (unpaired) electrons. The van der Waals surface area contributed by atoms with E-state index in [9.17, 15) is 0 Å². The van der Waals surface area contributed by atoms with Gasteiger partial charge in [-0.15, -0.1) is 0 Å². The molecule has 0 amide bonds. The SMILES string of the molecule is CCn1c(CBr)nc2ccccc21. The molecule has 1 aromatic heterocycles. The first-order valence-electron chi connectivity index (χ1n) is 4.37. The number of aromatic nitrogens is 2. The highest BCUT2D eigenvalue weighted by Gasteiger charge is 2.06. The maximum atomic E-state index is 4.52. The monoisotopic (exact) mass is 238 g/mol. The summed E-state index contributed by atoms with van der Waals surface area (Å²) in [6, 6.07) is 8.23. The second-order valence-electron chi connectivity index (χ2n) is 2.89. The predicted octanol–water partition coefficient (Wildman–Crippen LogP) is 2.95. The second kappa shape index (κ2) is 3.50. The quantitative estimate of drug-likeness (QED) is 0.736. The summed E-state index contributed by atoms with van der Waals surface area (Å²) >= 11 is 3.44. The van der Waals surface area contributed by atoms with Crippen LogP contribution in [0.25, 0.3) is 11.0 Å².